The quantitative estimate of drug-likeness (QED) is 0.268. The van der Waals surface area contributed by atoms with Crippen molar-refractivity contribution in [3.05, 3.63) is 24.3 Å². The van der Waals surface area contributed by atoms with E-state index in [0.717, 1.165) is 10.8 Å². The van der Waals surface area contributed by atoms with E-state index in [0.29, 0.717) is 0 Å². The zero-order chi connectivity index (χ0) is 14.0. The smallest absolute Gasteiger partial charge is 0.151 e. The summed E-state index contributed by atoms with van der Waals surface area (Å²) in [7, 11) is 0. The van der Waals surface area contributed by atoms with Crippen molar-refractivity contribution >= 4 is 49.2 Å². The van der Waals surface area contributed by atoms with Crippen molar-refractivity contribution in [3.63, 3.8) is 0 Å². The number of thioether (sulfide) groups is 1. The largest absolute Gasteiger partial charge is 0.230 e. The van der Waals surface area contributed by atoms with Crippen LogP contribution in [0.5, 0.6) is 0 Å². The normalized spacial score (nSPS) is 11.2. The van der Waals surface area contributed by atoms with E-state index in [1.54, 1.807) is 0 Å². The van der Waals surface area contributed by atoms with Gasteiger partial charge in [0.05, 0.1) is 10.2 Å². The maximum atomic E-state index is 4.66. The molecule has 4 heteroatoms. The van der Waals surface area contributed by atoms with Gasteiger partial charge >= 0.3 is 0 Å². The van der Waals surface area contributed by atoms with Crippen molar-refractivity contribution in [1.82, 2.24) is 4.98 Å². The van der Waals surface area contributed by atoms with Crippen molar-refractivity contribution < 1.29 is 0 Å². The molecule has 0 spiro atoms. The minimum absolute atomic E-state index is 1.15. The minimum atomic E-state index is 1.15. The lowest BCUT2D eigenvalue weighted by atomic mass is 10.1. The second kappa shape index (κ2) is 9.80. The van der Waals surface area contributed by atoms with Crippen molar-refractivity contribution in [3.8, 4) is 0 Å². The summed E-state index contributed by atoms with van der Waals surface area (Å²) in [5.41, 5.74) is 1.15. The van der Waals surface area contributed by atoms with E-state index in [9.17, 15) is 0 Å². The van der Waals surface area contributed by atoms with Gasteiger partial charge in [-0.1, -0.05) is 71.9 Å². The van der Waals surface area contributed by atoms with Gasteiger partial charge in [-0.15, -0.1) is 11.3 Å². The van der Waals surface area contributed by atoms with E-state index in [-0.39, 0.29) is 0 Å². The van der Waals surface area contributed by atoms with Crippen LogP contribution < -0.4 is 0 Å². The van der Waals surface area contributed by atoms with Crippen molar-refractivity contribution in [2.24, 2.45) is 0 Å². The summed E-state index contributed by atoms with van der Waals surface area (Å²) < 4.78 is 2.53. The van der Waals surface area contributed by atoms with E-state index in [2.05, 4.69) is 45.2 Å². The average molecular weight is 372 g/mol. The Morgan fingerprint density at radius 1 is 0.950 bits per heavy atom. The Hall–Kier alpha value is -0.0600. The Balaban J connectivity index is 1.55. The SMILES string of the molecule is BrCCCCCCCCCSc1nc2ccccc2s1. The molecule has 0 amide bonds. The summed E-state index contributed by atoms with van der Waals surface area (Å²) >= 11 is 7.22. The second-order valence-corrected chi connectivity index (χ2v) is 8.13. The molecule has 0 aliphatic rings. The van der Waals surface area contributed by atoms with Gasteiger partial charge in [0.2, 0.25) is 0 Å². The molecule has 0 atom stereocenters. The first-order valence-corrected chi connectivity index (χ1v) is 10.4. The number of aromatic nitrogens is 1. The predicted molar refractivity (Wildman–Crippen MR) is 96.5 cm³/mol. The van der Waals surface area contributed by atoms with Gasteiger partial charge in [-0.2, -0.15) is 0 Å². The number of hydrogen-bond donors (Lipinski definition) is 0. The van der Waals surface area contributed by atoms with Gasteiger partial charge in [-0.3, -0.25) is 0 Å². The molecule has 2 rings (SSSR count). The number of thiazole rings is 1. The molecular formula is C16H22BrNS2. The fourth-order valence-electron chi connectivity index (χ4n) is 2.15. The van der Waals surface area contributed by atoms with Crippen LogP contribution in [0.4, 0.5) is 0 Å². The van der Waals surface area contributed by atoms with Crippen LogP contribution in [-0.2, 0) is 0 Å². The molecule has 110 valence electrons. The molecule has 1 nitrogen and oxygen atoms in total. The van der Waals surface area contributed by atoms with Crippen LogP contribution in [0.3, 0.4) is 0 Å². The molecule has 0 saturated heterocycles. The highest BCUT2D eigenvalue weighted by atomic mass is 79.9. The van der Waals surface area contributed by atoms with Gasteiger partial charge in [-0.05, 0) is 25.0 Å². The van der Waals surface area contributed by atoms with E-state index in [1.807, 2.05) is 23.1 Å². The highest BCUT2D eigenvalue weighted by Crippen LogP contribution is 2.29. The number of benzene rings is 1. The Labute approximate surface area is 138 Å². The average Bonchev–Trinajstić information content (AvgIpc) is 2.88. The van der Waals surface area contributed by atoms with Crippen LogP contribution in [0.1, 0.15) is 44.9 Å². The van der Waals surface area contributed by atoms with Crippen LogP contribution >= 0.6 is 39.0 Å². The molecular weight excluding hydrogens is 350 g/mol. The number of alkyl halides is 1. The van der Waals surface area contributed by atoms with E-state index in [1.165, 1.54) is 59.7 Å². The fraction of sp³-hybridized carbons (Fsp3) is 0.562. The Kier molecular flexibility index (Phi) is 7.99. The number of fused-ring (bicyclic) bond motifs is 1. The standard InChI is InChI=1S/C16H22BrNS2/c17-12-8-4-2-1-3-5-9-13-19-16-18-14-10-6-7-11-15(14)20-16/h6-7,10-11H,1-5,8-9,12-13H2. The minimum Gasteiger partial charge on any atom is -0.230 e. The molecule has 0 fully saturated rings. The molecule has 0 aliphatic carbocycles. The first-order chi connectivity index (χ1) is 9.90. The molecule has 0 aliphatic heterocycles. The summed E-state index contributed by atoms with van der Waals surface area (Å²) in [4.78, 5) is 4.66. The monoisotopic (exact) mass is 371 g/mol. The van der Waals surface area contributed by atoms with Crippen LogP contribution in [-0.4, -0.2) is 16.1 Å². The molecule has 1 aromatic carbocycles. The van der Waals surface area contributed by atoms with Crippen LogP contribution in [0.2, 0.25) is 0 Å². The van der Waals surface area contributed by atoms with Crippen LogP contribution in [0, 0.1) is 0 Å². The molecule has 2 aromatic rings. The first-order valence-electron chi connectivity index (χ1n) is 7.44. The number of nitrogens with zero attached hydrogens (tertiary/aromatic N) is 1. The fourth-order valence-corrected chi connectivity index (χ4v) is 4.69. The van der Waals surface area contributed by atoms with Crippen molar-refractivity contribution in [2.75, 3.05) is 11.1 Å². The van der Waals surface area contributed by atoms with Crippen molar-refractivity contribution in [2.45, 2.75) is 49.3 Å². The highest BCUT2D eigenvalue weighted by Gasteiger charge is 2.03. The Morgan fingerprint density at radius 2 is 1.65 bits per heavy atom. The first kappa shape index (κ1) is 16.3. The maximum absolute atomic E-state index is 4.66. The number of unbranched alkanes of at least 4 members (excludes halogenated alkanes) is 6. The van der Waals surface area contributed by atoms with Gasteiger partial charge in [0.25, 0.3) is 0 Å². The number of para-hydroxylation sites is 1. The topological polar surface area (TPSA) is 12.9 Å². The molecule has 1 heterocycles. The number of halogens is 1. The number of hydrogen-bond acceptors (Lipinski definition) is 3. The third-order valence-electron chi connectivity index (χ3n) is 3.28. The van der Waals surface area contributed by atoms with E-state index >= 15 is 0 Å². The summed E-state index contributed by atoms with van der Waals surface area (Å²) in [5.74, 6) is 1.21. The van der Waals surface area contributed by atoms with Gasteiger partial charge in [0, 0.05) is 11.1 Å². The maximum Gasteiger partial charge on any atom is 0.151 e. The third-order valence-corrected chi connectivity index (χ3v) is 6.10. The summed E-state index contributed by atoms with van der Waals surface area (Å²) in [6.07, 6.45) is 9.59. The third kappa shape index (κ3) is 5.74. The molecule has 0 unspecified atom stereocenters. The zero-order valence-corrected chi connectivity index (χ0v) is 15.0. The lowest BCUT2D eigenvalue weighted by molar-refractivity contribution is 0.606. The predicted octanol–water partition coefficient (Wildman–Crippen LogP) is 6.51. The van der Waals surface area contributed by atoms with Crippen LogP contribution in [0.25, 0.3) is 10.2 Å². The lowest BCUT2D eigenvalue weighted by Crippen LogP contribution is -1.83. The molecule has 1 aromatic heterocycles. The van der Waals surface area contributed by atoms with Gasteiger partial charge < -0.3 is 0 Å². The summed E-state index contributed by atoms with van der Waals surface area (Å²) in [6.45, 7) is 0. The number of rotatable bonds is 10. The zero-order valence-electron chi connectivity index (χ0n) is 11.8. The van der Waals surface area contributed by atoms with Crippen LogP contribution in [0.15, 0.2) is 28.6 Å². The summed E-state index contributed by atoms with van der Waals surface area (Å²) in [5, 5.41) is 1.16. The molecule has 0 bridgehead atoms. The van der Waals surface area contributed by atoms with Gasteiger partial charge in [0.15, 0.2) is 4.34 Å². The highest BCUT2D eigenvalue weighted by molar-refractivity contribution is 9.09. The molecule has 20 heavy (non-hydrogen) atoms. The van der Waals surface area contributed by atoms with Crippen molar-refractivity contribution in [1.29, 1.82) is 0 Å². The van der Waals surface area contributed by atoms with Gasteiger partial charge in [0.1, 0.15) is 0 Å². The summed E-state index contributed by atoms with van der Waals surface area (Å²) in [6, 6.07) is 8.41. The second-order valence-electron chi connectivity index (χ2n) is 4.96. The van der Waals surface area contributed by atoms with E-state index < -0.39 is 0 Å². The molecule has 0 N–H and O–H groups in total. The molecule has 0 radical (unpaired) electrons. The lowest BCUT2D eigenvalue weighted by Gasteiger charge is -2.00. The molecule has 0 saturated carbocycles. The Bertz CT molecular complexity index is 465. The Morgan fingerprint density at radius 3 is 2.40 bits per heavy atom. The van der Waals surface area contributed by atoms with Gasteiger partial charge in [-0.25, -0.2) is 4.98 Å². The van der Waals surface area contributed by atoms with E-state index in [4.69, 9.17) is 0 Å².